The van der Waals surface area contributed by atoms with E-state index in [1.807, 2.05) is 0 Å². The second kappa shape index (κ2) is 4.29. The van der Waals surface area contributed by atoms with Gasteiger partial charge in [0, 0.05) is 29.6 Å². The Kier molecular flexibility index (Phi) is 2.80. The third kappa shape index (κ3) is 1.65. The molecule has 1 N–H and O–H groups in total. The van der Waals surface area contributed by atoms with Crippen LogP contribution in [0.4, 0.5) is 5.69 Å². The molecule has 3 rings (SSSR count). The van der Waals surface area contributed by atoms with E-state index in [0.29, 0.717) is 10.5 Å². The Morgan fingerprint density at radius 2 is 2.05 bits per heavy atom. The Morgan fingerprint density at radius 1 is 1.35 bits per heavy atom. The van der Waals surface area contributed by atoms with E-state index >= 15 is 0 Å². The minimum absolute atomic E-state index is 0.146. The van der Waals surface area contributed by atoms with Crippen molar-refractivity contribution in [1.29, 1.82) is 0 Å². The van der Waals surface area contributed by atoms with E-state index in [-0.39, 0.29) is 11.6 Å². The maximum atomic E-state index is 12.0. The maximum Gasteiger partial charge on any atom is 0.269 e. The van der Waals surface area contributed by atoms with Crippen LogP contribution in [0.15, 0.2) is 23.1 Å². The number of non-ortho nitro benzene ring substituents is 1. The molecule has 0 saturated carbocycles. The summed E-state index contributed by atoms with van der Waals surface area (Å²) in [5.41, 5.74) is 0.189. The van der Waals surface area contributed by atoms with Crippen LogP contribution in [-0.2, 0) is 9.59 Å². The summed E-state index contributed by atoms with van der Waals surface area (Å²) >= 11 is 1.17. The van der Waals surface area contributed by atoms with Crippen LogP contribution in [0.1, 0.15) is 11.7 Å². The number of carbonyl (C=O) groups excluding carboxylic acids is 2. The highest BCUT2D eigenvalue weighted by Crippen LogP contribution is 2.49. The van der Waals surface area contributed by atoms with E-state index < -0.39 is 28.1 Å². The summed E-state index contributed by atoms with van der Waals surface area (Å²) in [6, 6.07) is 4.09. The first-order chi connectivity index (χ1) is 9.41. The van der Waals surface area contributed by atoms with Crippen molar-refractivity contribution in [2.45, 2.75) is 16.2 Å². The van der Waals surface area contributed by atoms with Gasteiger partial charge in [0.2, 0.25) is 11.8 Å². The SMILES string of the molecule is CN1C(=O)[C@@H]2Sc3ccc([N+](=O)[O-])cc3C(O)[C@@H]2C1=O. The topological polar surface area (TPSA) is 101 Å². The molecule has 1 saturated heterocycles. The number of amides is 2. The summed E-state index contributed by atoms with van der Waals surface area (Å²) in [4.78, 5) is 35.8. The molecule has 0 aromatic heterocycles. The van der Waals surface area contributed by atoms with Crippen molar-refractivity contribution in [2.75, 3.05) is 7.05 Å². The highest BCUT2D eigenvalue weighted by Gasteiger charge is 2.53. The third-order valence-electron chi connectivity index (χ3n) is 3.63. The Bertz CT molecular complexity index is 647. The minimum Gasteiger partial charge on any atom is -0.387 e. The zero-order valence-electron chi connectivity index (χ0n) is 10.3. The Labute approximate surface area is 117 Å². The smallest absolute Gasteiger partial charge is 0.269 e. The number of benzene rings is 1. The maximum absolute atomic E-state index is 12.0. The summed E-state index contributed by atoms with van der Waals surface area (Å²) in [6.45, 7) is 0. The normalized spacial score (nSPS) is 28.3. The first-order valence-electron chi connectivity index (χ1n) is 5.86. The van der Waals surface area contributed by atoms with E-state index in [2.05, 4.69) is 0 Å². The van der Waals surface area contributed by atoms with Gasteiger partial charge in [-0.2, -0.15) is 0 Å². The summed E-state index contributed by atoms with van der Waals surface area (Å²) in [7, 11) is 1.38. The summed E-state index contributed by atoms with van der Waals surface area (Å²) < 4.78 is 0. The average molecular weight is 294 g/mol. The molecule has 20 heavy (non-hydrogen) atoms. The molecule has 0 bridgehead atoms. The first-order valence-corrected chi connectivity index (χ1v) is 6.74. The van der Waals surface area contributed by atoms with Crippen molar-refractivity contribution in [1.82, 2.24) is 4.90 Å². The number of nitro groups is 1. The monoisotopic (exact) mass is 294 g/mol. The second-order valence-corrected chi connectivity index (χ2v) is 5.91. The van der Waals surface area contributed by atoms with Crippen LogP contribution in [0.25, 0.3) is 0 Å². The van der Waals surface area contributed by atoms with E-state index in [4.69, 9.17) is 0 Å². The third-order valence-corrected chi connectivity index (χ3v) is 5.01. The van der Waals surface area contributed by atoms with Gasteiger partial charge in [-0.15, -0.1) is 11.8 Å². The number of nitrogens with zero attached hydrogens (tertiary/aromatic N) is 2. The van der Waals surface area contributed by atoms with Crippen molar-refractivity contribution in [3.8, 4) is 0 Å². The van der Waals surface area contributed by atoms with Gasteiger partial charge in [-0.1, -0.05) is 0 Å². The van der Waals surface area contributed by atoms with Gasteiger partial charge in [0.15, 0.2) is 0 Å². The molecule has 1 aromatic carbocycles. The molecule has 1 fully saturated rings. The summed E-state index contributed by atoms with van der Waals surface area (Å²) in [5.74, 6) is -1.66. The number of carbonyl (C=O) groups is 2. The largest absolute Gasteiger partial charge is 0.387 e. The van der Waals surface area contributed by atoms with Gasteiger partial charge in [-0.05, 0) is 6.07 Å². The predicted octanol–water partition coefficient (Wildman–Crippen LogP) is 0.717. The van der Waals surface area contributed by atoms with Gasteiger partial charge < -0.3 is 5.11 Å². The van der Waals surface area contributed by atoms with Crippen LogP contribution in [0, 0.1) is 16.0 Å². The fraction of sp³-hybridized carbons (Fsp3) is 0.333. The Hall–Kier alpha value is -1.93. The number of aliphatic hydroxyl groups is 1. The molecule has 2 aliphatic rings. The van der Waals surface area contributed by atoms with Gasteiger partial charge in [0.05, 0.1) is 16.9 Å². The number of imide groups is 1. The van der Waals surface area contributed by atoms with Gasteiger partial charge >= 0.3 is 0 Å². The number of nitro benzene ring substituents is 1. The quantitative estimate of drug-likeness (QED) is 0.465. The Balaban J connectivity index is 2.08. The minimum atomic E-state index is -1.20. The molecule has 7 nitrogen and oxygen atoms in total. The molecule has 0 spiro atoms. The number of hydrogen-bond acceptors (Lipinski definition) is 6. The molecule has 2 aliphatic heterocycles. The second-order valence-electron chi connectivity index (χ2n) is 4.72. The molecule has 104 valence electrons. The molecule has 0 aliphatic carbocycles. The molecule has 3 atom stereocenters. The molecule has 2 heterocycles. The number of aliphatic hydroxyl groups excluding tert-OH is 1. The van der Waals surface area contributed by atoms with Gasteiger partial charge in [0.25, 0.3) is 5.69 Å². The lowest BCUT2D eigenvalue weighted by molar-refractivity contribution is -0.385. The molecular weight excluding hydrogens is 284 g/mol. The average Bonchev–Trinajstić information content (AvgIpc) is 2.64. The molecule has 0 radical (unpaired) electrons. The lowest BCUT2D eigenvalue weighted by Gasteiger charge is -2.28. The zero-order chi connectivity index (χ0) is 14.6. The highest BCUT2D eigenvalue weighted by atomic mass is 32.2. The summed E-state index contributed by atoms with van der Waals surface area (Å²) in [5, 5.41) is 20.4. The first kappa shape index (κ1) is 13.1. The number of hydrogen-bond donors (Lipinski definition) is 1. The molecule has 1 unspecified atom stereocenters. The predicted molar refractivity (Wildman–Crippen MR) is 69.0 cm³/mol. The van der Waals surface area contributed by atoms with Crippen molar-refractivity contribution < 1.29 is 19.6 Å². The van der Waals surface area contributed by atoms with Crippen LogP contribution >= 0.6 is 11.8 Å². The van der Waals surface area contributed by atoms with Crippen molar-refractivity contribution in [3.63, 3.8) is 0 Å². The van der Waals surface area contributed by atoms with Gasteiger partial charge in [-0.3, -0.25) is 24.6 Å². The van der Waals surface area contributed by atoms with Gasteiger partial charge in [0.1, 0.15) is 5.25 Å². The fourth-order valence-corrected chi connectivity index (χ4v) is 3.96. The van der Waals surface area contributed by atoms with Crippen molar-refractivity contribution >= 4 is 29.3 Å². The molecule has 8 heteroatoms. The number of thioether (sulfide) groups is 1. The molecule has 1 aromatic rings. The van der Waals surface area contributed by atoms with E-state index in [1.165, 1.54) is 37.0 Å². The number of rotatable bonds is 1. The fourth-order valence-electron chi connectivity index (χ4n) is 2.55. The zero-order valence-corrected chi connectivity index (χ0v) is 11.2. The highest BCUT2D eigenvalue weighted by molar-refractivity contribution is 8.00. The van der Waals surface area contributed by atoms with Crippen LogP contribution in [0.3, 0.4) is 0 Å². The van der Waals surface area contributed by atoms with Crippen molar-refractivity contribution in [2.24, 2.45) is 5.92 Å². The van der Waals surface area contributed by atoms with Gasteiger partial charge in [-0.25, -0.2) is 0 Å². The number of fused-ring (bicyclic) bond motifs is 2. The van der Waals surface area contributed by atoms with Crippen LogP contribution in [0.2, 0.25) is 0 Å². The summed E-state index contributed by atoms with van der Waals surface area (Å²) in [6.07, 6.45) is -1.20. The molecular formula is C12H10N2O5S. The van der Waals surface area contributed by atoms with Crippen LogP contribution < -0.4 is 0 Å². The van der Waals surface area contributed by atoms with Crippen molar-refractivity contribution in [3.05, 3.63) is 33.9 Å². The molecule has 2 amide bonds. The lowest BCUT2D eigenvalue weighted by Crippen LogP contribution is -2.31. The van der Waals surface area contributed by atoms with E-state index in [1.54, 1.807) is 0 Å². The van der Waals surface area contributed by atoms with Crippen LogP contribution in [0.5, 0.6) is 0 Å². The number of likely N-dealkylation sites (tertiary alicyclic amines) is 1. The van der Waals surface area contributed by atoms with Crippen LogP contribution in [-0.4, -0.2) is 39.0 Å². The van der Waals surface area contributed by atoms with E-state index in [0.717, 1.165) is 4.90 Å². The Morgan fingerprint density at radius 3 is 2.70 bits per heavy atom. The standard InChI is InChI=1S/C12H10N2O5S/c1-13-11(16)8-9(15)6-4-5(14(18)19)2-3-7(6)20-10(8)12(13)17/h2-4,8-10,15H,1H3/t8-,9?,10+/m0/s1. The van der Waals surface area contributed by atoms with E-state index in [9.17, 15) is 24.8 Å². The lowest BCUT2D eigenvalue weighted by atomic mass is 9.93.